The Balaban J connectivity index is 0.00000176. The van der Waals surface area contributed by atoms with Crippen molar-refractivity contribution in [1.82, 2.24) is 9.80 Å². The first-order chi connectivity index (χ1) is 10.2. The summed E-state index contributed by atoms with van der Waals surface area (Å²) < 4.78 is 10.5. The summed E-state index contributed by atoms with van der Waals surface area (Å²) in [6.45, 7) is 2.26. The average molecular weight is 328 g/mol. The molecule has 0 spiro atoms. The zero-order valence-electron chi connectivity index (χ0n) is 12.0. The van der Waals surface area contributed by atoms with Crippen LogP contribution in [0.25, 0.3) is 0 Å². The zero-order valence-corrected chi connectivity index (χ0v) is 12.8. The van der Waals surface area contributed by atoms with Gasteiger partial charge in [-0.25, -0.2) is 0 Å². The van der Waals surface area contributed by atoms with Crippen LogP contribution in [0.3, 0.4) is 0 Å². The van der Waals surface area contributed by atoms with Crippen LogP contribution in [0.2, 0.25) is 0 Å². The van der Waals surface area contributed by atoms with Crippen LogP contribution >= 0.6 is 12.4 Å². The maximum absolute atomic E-state index is 12.4. The number of hydrogen-bond acceptors (Lipinski definition) is 5. The molecule has 1 aromatic carbocycles. The van der Waals surface area contributed by atoms with Crippen LogP contribution in [0.1, 0.15) is 10.4 Å². The Bertz CT molecular complexity index is 573. The van der Waals surface area contributed by atoms with Crippen molar-refractivity contribution in [3.05, 3.63) is 23.8 Å². The number of ether oxygens (including phenoxy) is 2. The number of hydrogen-bond donors (Lipinski definition) is 1. The van der Waals surface area contributed by atoms with Crippen molar-refractivity contribution in [3.63, 3.8) is 0 Å². The van der Waals surface area contributed by atoms with Gasteiger partial charge in [-0.05, 0) is 18.2 Å². The van der Waals surface area contributed by atoms with Gasteiger partial charge in [0.05, 0.1) is 6.54 Å². The predicted octanol–water partition coefficient (Wildman–Crippen LogP) is 0.0802. The molecule has 0 radical (unpaired) electrons. The first-order valence-corrected chi connectivity index (χ1v) is 6.86. The summed E-state index contributed by atoms with van der Waals surface area (Å²) in [6.07, 6.45) is 0. The summed E-state index contributed by atoms with van der Waals surface area (Å²) in [5.41, 5.74) is 5.91. The lowest BCUT2D eigenvalue weighted by Crippen LogP contribution is -2.51. The van der Waals surface area contributed by atoms with Gasteiger partial charge >= 0.3 is 0 Å². The highest BCUT2D eigenvalue weighted by Gasteiger charge is 2.25. The number of fused-ring (bicyclic) bond motifs is 1. The van der Waals surface area contributed by atoms with Gasteiger partial charge in [0.2, 0.25) is 12.7 Å². The third kappa shape index (κ3) is 3.10. The van der Waals surface area contributed by atoms with E-state index in [1.54, 1.807) is 28.0 Å². The van der Waals surface area contributed by atoms with E-state index < -0.39 is 0 Å². The SMILES string of the molecule is Cl.NCC(=O)N1CCN(C(=O)c2ccc3c(c2)OCO3)CC1. The first-order valence-electron chi connectivity index (χ1n) is 6.86. The number of rotatable bonds is 2. The van der Waals surface area contributed by atoms with Crippen LogP contribution in [-0.2, 0) is 4.79 Å². The fourth-order valence-electron chi connectivity index (χ4n) is 2.50. The number of benzene rings is 1. The van der Waals surface area contributed by atoms with Gasteiger partial charge in [0.15, 0.2) is 11.5 Å². The van der Waals surface area contributed by atoms with Gasteiger partial charge in [0, 0.05) is 31.7 Å². The average Bonchev–Trinajstić information content (AvgIpc) is 3.01. The molecule has 1 fully saturated rings. The minimum Gasteiger partial charge on any atom is -0.454 e. The number of carbonyl (C=O) groups excluding carboxylic acids is 2. The van der Waals surface area contributed by atoms with E-state index in [1.165, 1.54) is 0 Å². The molecule has 3 rings (SSSR count). The molecule has 22 heavy (non-hydrogen) atoms. The molecule has 120 valence electrons. The smallest absolute Gasteiger partial charge is 0.254 e. The van der Waals surface area contributed by atoms with Crippen LogP contribution in [-0.4, -0.2) is 61.1 Å². The summed E-state index contributed by atoms with van der Waals surface area (Å²) in [7, 11) is 0. The number of carbonyl (C=O) groups is 2. The first kappa shape index (κ1) is 16.4. The van der Waals surface area contributed by atoms with Crippen LogP contribution in [0.15, 0.2) is 18.2 Å². The topological polar surface area (TPSA) is 85.1 Å². The summed E-state index contributed by atoms with van der Waals surface area (Å²) in [5.74, 6) is 1.11. The fourth-order valence-corrected chi connectivity index (χ4v) is 2.50. The summed E-state index contributed by atoms with van der Waals surface area (Å²) in [5, 5.41) is 0. The highest BCUT2D eigenvalue weighted by Crippen LogP contribution is 2.32. The van der Waals surface area contributed by atoms with Crippen LogP contribution < -0.4 is 15.2 Å². The van der Waals surface area contributed by atoms with E-state index in [0.717, 1.165) is 0 Å². The van der Waals surface area contributed by atoms with Gasteiger partial charge < -0.3 is 25.0 Å². The number of halogens is 1. The maximum atomic E-state index is 12.4. The molecule has 0 aliphatic carbocycles. The predicted molar refractivity (Wildman–Crippen MR) is 81.4 cm³/mol. The van der Waals surface area contributed by atoms with E-state index in [0.29, 0.717) is 43.2 Å². The molecule has 0 aromatic heterocycles. The molecule has 0 atom stereocenters. The summed E-state index contributed by atoms with van der Waals surface area (Å²) in [4.78, 5) is 27.4. The van der Waals surface area contributed by atoms with Crippen LogP contribution in [0.5, 0.6) is 11.5 Å². The molecular formula is C14H18ClN3O4. The molecule has 0 saturated carbocycles. The molecular weight excluding hydrogens is 310 g/mol. The largest absolute Gasteiger partial charge is 0.454 e. The lowest BCUT2D eigenvalue weighted by molar-refractivity contribution is -0.131. The Hall–Kier alpha value is -1.99. The number of amides is 2. The van der Waals surface area contributed by atoms with Gasteiger partial charge in [-0.1, -0.05) is 0 Å². The molecule has 2 amide bonds. The van der Waals surface area contributed by atoms with Crippen molar-refractivity contribution in [2.45, 2.75) is 0 Å². The van der Waals surface area contributed by atoms with Crippen LogP contribution in [0, 0.1) is 0 Å². The molecule has 2 heterocycles. The fraction of sp³-hybridized carbons (Fsp3) is 0.429. The van der Waals surface area contributed by atoms with E-state index in [1.807, 2.05) is 0 Å². The quantitative estimate of drug-likeness (QED) is 0.831. The Labute approximate surface area is 134 Å². The van der Waals surface area contributed by atoms with E-state index >= 15 is 0 Å². The van der Waals surface area contributed by atoms with Crippen molar-refractivity contribution in [1.29, 1.82) is 0 Å². The molecule has 1 saturated heterocycles. The lowest BCUT2D eigenvalue weighted by atomic mass is 10.1. The van der Waals surface area contributed by atoms with Gasteiger partial charge in [-0.15, -0.1) is 12.4 Å². The van der Waals surface area contributed by atoms with Crippen molar-refractivity contribution < 1.29 is 19.1 Å². The van der Waals surface area contributed by atoms with E-state index in [-0.39, 0.29) is 37.6 Å². The number of nitrogens with two attached hydrogens (primary N) is 1. The molecule has 2 N–H and O–H groups in total. The number of piperazine rings is 1. The van der Waals surface area contributed by atoms with Gasteiger partial charge in [-0.3, -0.25) is 9.59 Å². The van der Waals surface area contributed by atoms with Crippen molar-refractivity contribution in [3.8, 4) is 11.5 Å². The Morgan fingerprint density at radius 3 is 2.36 bits per heavy atom. The Morgan fingerprint density at radius 2 is 1.68 bits per heavy atom. The molecule has 2 aliphatic heterocycles. The molecule has 0 unspecified atom stereocenters. The second kappa shape index (κ2) is 6.85. The second-order valence-corrected chi connectivity index (χ2v) is 4.95. The normalized spacial score (nSPS) is 16.2. The molecule has 2 aliphatic rings. The maximum Gasteiger partial charge on any atom is 0.254 e. The monoisotopic (exact) mass is 327 g/mol. The second-order valence-electron chi connectivity index (χ2n) is 4.95. The van der Waals surface area contributed by atoms with Crippen molar-refractivity contribution >= 4 is 24.2 Å². The van der Waals surface area contributed by atoms with Crippen molar-refractivity contribution in [2.75, 3.05) is 39.5 Å². The molecule has 0 bridgehead atoms. The summed E-state index contributed by atoms with van der Waals surface area (Å²) in [6, 6.07) is 5.17. The standard InChI is InChI=1S/C14H17N3O4.ClH/c15-8-13(18)16-3-5-17(6-4-16)14(19)10-1-2-11-12(7-10)21-9-20-11;/h1-2,7H,3-6,8-9,15H2;1H. The molecule has 8 heteroatoms. The van der Waals surface area contributed by atoms with E-state index in [4.69, 9.17) is 15.2 Å². The Morgan fingerprint density at radius 1 is 1.05 bits per heavy atom. The third-order valence-electron chi connectivity index (χ3n) is 3.71. The molecule has 7 nitrogen and oxygen atoms in total. The number of nitrogens with zero attached hydrogens (tertiary/aromatic N) is 2. The van der Waals surface area contributed by atoms with E-state index in [2.05, 4.69) is 0 Å². The van der Waals surface area contributed by atoms with E-state index in [9.17, 15) is 9.59 Å². The van der Waals surface area contributed by atoms with Gasteiger partial charge in [0.25, 0.3) is 5.91 Å². The molecule has 1 aromatic rings. The Kier molecular flexibility index (Phi) is 5.10. The lowest BCUT2D eigenvalue weighted by Gasteiger charge is -2.34. The summed E-state index contributed by atoms with van der Waals surface area (Å²) >= 11 is 0. The van der Waals surface area contributed by atoms with Gasteiger partial charge in [0.1, 0.15) is 0 Å². The zero-order chi connectivity index (χ0) is 14.8. The van der Waals surface area contributed by atoms with Gasteiger partial charge in [-0.2, -0.15) is 0 Å². The van der Waals surface area contributed by atoms with Crippen molar-refractivity contribution in [2.24, 2.45) is 5.73 Å². The third-order valence-corrected chi connectivity index (χ3v) is 3.71. The minimum atomic E-state index is -0.0785. The minimum absolute atomic E-state index is 0. The highest BCUT2D eigenvalue weighted by molar-refractivity contribution is 5.95. The van der Waals surface area contributed by atoms with Crippen LogP contribution in [0.4, 0.5) is 0 Å². The highest BCUT2D eigenvalue weighted by atomic mass is 35.5.